The van der Waals surface area contributed by atoms with Crippen LogP contribution in [0.2, 0.25) is 0 Å². The molecule has 7 aromatic rings. The number of aromatic nitrogens is 5. The van der Waals surface area contributed by atoms with Crippen molar-refractivity contribution in [2.24, 2.45) is 0 Å². The van der Waals surface area contributed by atoms with Gasteiger partial charge < -0.3 is 0 Å². The predicted octanol–water partition coefficient (Wildman–Crippen LogP) is 8.91. The molecule has 3 aromatic carbocycles. The second-order valence-corrected chi connectivity index (χ2v) is 10.5. The monoisotopic (exact) mass is 591 g/mol. The summed E-state index contributed by atoms with van der Waals surface area (Å²) in [7, 11) is 0. The summed E-state index contributed by atoms with van der Waals surface area (Å²) in [6.45, 7) is 0. The van der Waals surface area contributed by atoms with E-state index in [9.17, 15) is 0 Å². The van der Waals surface area contributed by atoms with Crippen molar-refractivity contribution in [2.45, 2.75) is 0 Å². The van der Waals surface area contributed by atoms with E-state index in [1.807, 2.05) is 61.1 Å². The third-order valence-corrected chi connectivity index (χ3v) is 7.47. The van der Waals surface area contributed by atoms with Crippen LogP contribution in [0.25, 0.3) is 67.1 Å². The highest BCUT2D eigenvalue weighted by molar-refractivity contribution is 9.10. The van der Waals surface area contributed by atoms with Crippen LogP contribution in [0.3, 0.4) is 0 Å². The quantitative estimate of drug-likeness (QED) is 0.200. The first-order valence-corrected chi connectivity index (χ1v) is 14.0. The summed E-state index contributed by atoms with van der Waals surface area (Å²) in [5.74, 6) is 0.647. The normalized spacial score (nSPS) is 11.0. The molecular weight excluding hydrogens is 570 g/mol. The zero-order valence-electron chi connectivity index (χ0n) is 21.8. The van der Waals surface area contributed by atoms with Crippen LogP contribution in [0, 0.1) is 0 Å². The molecule has 0 radical (unpaired) electrons. The molecule has 0 atom stereocenters. The summed E-state index contributed by atoms with van der Waals surface area (Å²) in [6.07, 6.45) is 8.97. The lowest BCUT2D eigenvalue weighted by atomic mass is 9.97. The molecule has 6 heteroatoms. The van der Waals surface area contributed by atoms with E-state index in [0.717, 1.165) is 65.7 Å². The van der Waals surface area contributed by atoms with E-state index >= 15 is 0 Å². The van der Waals surface area contributed by atoms with Gasteiger partial charge >= 0.3 is 0 Å². The number of hydrogen-bond donors (Lipinski definition) is 0. The summed E-state index contributed by atoms with van der Waals surface area (Å²) in [6, 6.07) is 35.1. The number of halogens is 1. The van der Waals surface area contributed by atoms with Crippen molar-refractivity contribution in [3.63, 3.8) is 0 Å². The number of pyridine rings is 3. The fourth-order valence-electron chi connectivity index (χ4n) is 5.00. The molecule has 0 aliphatic heterocycles. The molecule has 0 aliphatic carbocycles. The van der Waals surface area contributed by atoms with Crippen molar-refractivity contribution in [1.29, 1.82) is 0 Å². The van der Waals surface area contributed by atoms with Crippen molar-refractivity contribution in [3.05, 3.63) is 139 Å². The van der Waals surface area contributed by atoms with Gasteiger partial charge in [-0.1, -0.05) is 58.4 Å². The molecule has 4 heterocycles. The van der Waals surface area contributed by atoms with Gasteiger partial charge in [0.1, 0.15) is 0 Å². The first-order valence-electron chi connectivity index (χ1n) is 13.2. The van der Waals surface area contributed by atoms with E-state index in [-0.39, 0.29) is 0 Å². The summed E-state index contributed by atoms with van der Waals surface area (Å²) in [5.41, 5.74) is 10.0. The molecule has 0 amide bonds. The summed E-state index contributed by atoms with van der Waals surface area (Å²) in [5, 5.41) is 1.11. The van der Waals surface area contributed by atoms with Gasteiger partial charge in [0.05, 0.1) is 16.9 Å². The highest BCUT2D eigenvalue weighted by Gasteiger charge is 2.14. The molecule has 0 fully saturated rings. The Morgan fingerprint density at radius 1 is 0.463 bits per heavy atom. The van der Waals surface area contributed by atoms with Crippen LogP contribution in [0.15, 0.2) is 139 Å². The Hall–Kier alpha value is -5.07. The SMILES string of the molecule is Brc1cc(-c2cc(-c3ccc(-c4ccncc4)cc3)nc(-c3ccncc3)n2)cc(-c2cccc3ncccc23)c1. The Morgan fingerprint density at radius 2 is 1.10 bits per heavy atom. The van der Waals surface area contributed by atoms with E-state index in [1.165, 1.54) is 0 Å². The third kappa shape index (κ3) is 5.13. The Kier molecular flexibility index (Phi) is 6.59. The minimum absolute atomic E-state index is 0.647. The lowest BCUT2D eigenvalue weighted by molar-refractivity contribution is 1.17. The molecule has 4 aromatic heterocycles. The molecule has 5 nitrogen and oxygen atoms in total. The van der Waals surface area contributed by atoms with Gasteiger partial charge in [0, 0.05) is 57.5 Å². The van der Waals surface area contributed by atoms with Gasteiger partial charge in [-0.15, -0.1) is 0 Å². The highest BCUT2D eigenvalue weighted by atomic mass is 79.9. The average molecular weight is 593 g/mol. The molecule has 0 aliphatic rings. The maximum absolute atomic E-state index is 5.02. The zero-order valence-corrected chi connectivity index (χ0v) is 23.4. The average Bonchev–Trinajstić information content (AvgIpc) is 3.05. The summed E-state index contributed by atoms with van der Waals surface area (Å²) >= 11 is 3.76. The van der Waals surface area contributed by atoms with Gasteiger partial charge in [0.2, 0.25) is 0 Å². The second-order valence-electron chi connectivity index (χ2n) is 9.62. The van der Waals surface area contributed by atoms with Crippen LogP contribution in [0.1, 0.15) is 0 Å². The van der Waals surface area contributed by atoms with E-state index in [0.29, 0.717) is 5.82 Å². The van der Waals surface area contributed by atoms with Crippen molar-refractivity contribution in [1.82, 2.24) is 24.9 Å². The largest absolute Gasteiger partial charge is 0.265 e. The predicted molar refractivity (Wildman–Crippen MR) is 168 cm³/mol. The molecule has 194 valence electrons. The summed E-state index contributed by atoms with van der Waals surface area (Å²) < 4.78 is 0.971. The number of hydrogen-bond acceptors (Lipinski definition) is 5. The highest BCUT2D eigenvalue weighted by Crippen LogP contribution is 2.35. The molecular formula is C35H22BrN5. The first kappa shape index (κ1) is 24.9. The van der Waals surface area contributed by atoms with E-state index in [4.69, 9.17) is 9.97 Å². The van der Waals surface area contributed by atoms with Crippen LogP contribution in [0.5, 0.6) is 0 Å². The lowest BCUT2D eigenvalue weighted by Crippen LogP contribution is -1.96. The molecule has 0 saturated carbocycles. The summed E-state index contributed by atoms with van der Waals surface area (Å²) in [4.78, 5) is 22.9. The van der Waals surface area contributed by atoms with E-state index in [2.05, 4.69) is 91.5 Å². The molecule has 0 spiro atoms. The molecule has 7 rings (SSSR count). The van der Waals surface area contributed by atoms with E-state index < -0.39 is 0 Å². The van der Waals surface area contributed by atoms with Crippen LogP contribution in [0.4, 0.5) is 0 Å². The number of rotatable bonds is 5. The van der Waals surface area contributed by atoms with Gasteiger partial charge in [-0.25, -0.2) is 9.97 Å². The van der Waals surface area contributed by atoms with Gasteiger partial charge in [0.15, 0.2) is 5.82 Å². The van der Waals surface area contributed by atoms with Gasteiger partial charge in [-0.05, 0) is 82.9 Å². The number of benzene rings is 3. The van der Waals surface area contributed by atoms with Crippen molar-refractivity contribution < 1.29 is 0 Å². The fraction of sp³-hybridized carbons (Fsp3) is 0. The molecule has 0 bridgehead atoms. The Balaban J connectivity index is 1.37. The molecule has 41 heavy (non-hydrogen) atoms. The smallest absolute Gasteiger partial charge is 0.160 e. The molecule has 0 N–H and O–H groups in total. The third-order valence-electron chi connectivity index (χ3n) is 7.01. The minimum atomic E-state index is 0.647. The first-order chi connectivity index (χ1) is 20.2. The topological polar surface area (TPSA) is 64.5 Å². The molecule has 0 saturated heterocycles. The second kappa shape index (κ2) is 10.8. The van der Waals surface area contributed by atoms with Crippen molar-refractivity contribution in [2.75, 3.05) is 0 Å². The van der Waals surface area contributed by atoms with E-state index in [1.54, 1.807) is 12.4 Å². The van der Waals surface area contributed by atoms with Crippen LogP contribution in [-0.2, 0) is 0 Å². The Labute approximate surface area is 245 Å². The van der Waals surface area contributed by atoms with Gasteiger partial charge in [0.25, 0.3) is 0 Å². The zero-order chi connectivity index (χ0) is 27.6. The maximum atomic E-state index is 5.02. The number of nitrogens with zero attached hydrogens (tertiary/aromatic N) is 5. The van der Waals surface area contributed by atoms with Gasteiger partial charge in [-0.3, -0.25) is 15.0 Å². The maximum Gasteiger partial charge on any atom is 0.160 e. The minimum Gasteiger partial charge on any atom is -0.265 e. The Bertz CT molecular complexity index is 1990. The standard InChI is InChI=1S/C35H22BrN5/c36-29-20-27(30-3-1-5-32-31(30)4-2-14-39-32)19-28(21-29)34-22-33(40-35(41-34)26-12-17-38-18-13-26)25-8-6-23(7-9-25)24-10-15-37-16-11-24/h1-22H. The number of fused-ring (bicyclic) bond motifs is 1. The van der Waals surface area contributed by atoms with Crippen molar-refractivity contribution in [3.8, 4) is 56.2 Å². The Morgan fingerprint density at radius 3 is 1.85 bits per heavy atom. The lowest BCUT2D eigenvalue weighted by Gasteiger charge is -2.12. The van der Waals surface area contributed by atoms with Crippen molar-refractivity contribution >= 4 is 26.8 Å². The van der Waals surface area contributed by atoms with Crippen LogP contribution in [-0.4, -0.2) is 24.9 Å². The molecule has 0 unspecified atom stereocenters. The van der Waals surface area contributed by atoms with Crippen LogP contribution >= 0.6 is 15.9 Å². The van der Waals surface area contributed by atoms with Gasteiger partial charge in [-0.2, -0.15) is 0 Å². The van der Waals surface area contributed by atoms with Crippen LogP contribution < -0.4 is 0 Å². The fourth-order valence-corrected chi connectivity index (χ4v) is 5.49.